The van der Waals surface area contributed by atoms with Crippen molar-refractivity contribution in [2.75, 3.05) is 0 Å². The third kappa shape index (κ3) is 7.84. The monoisotopic (exact) mass is 871 g/mol. The summed E-state index contributed by atoms with van der Waals surface area (Å²) in [4.78, 5) is 9.28. The number of hydrogen-bond donors (Lipinski definition) is 0. The first-order valence-corrected chi connectivity index (χ1v) is 24.2. The van der Waals surface area contributed by atoms with Crippen LogP contribution in [0.5, 0.6) is 0 Å². The average molecular weight is 870 g/mol. The van der Waals surface area contributed by atoms with Gasteiger partial charge >= 0.3 is 99.8 Å². The average Bonchev–Trinajstić information content (AvgIpc) is 3.48. The Balaban J connectivity index is 0.000000217. The van der Waals surface area contributed by atoms with Crippen LogP contribution in [0.3, 0.4) is 0 Å². The summed E-state index contributed by atoms with van der Waals surface area (Å²) in [5.74, 6) is 8.23. The molecule has 47 heavy (non-hydrogen) atoms. The van der Waals surface area contributed by atoms with Crippen LogP contribution in [0.15, 0.2) is 122 Å². The Morgan fingerprint density at radius 3 is 2.17 bits per heavy atom. The van der Waals surface area contributed by atoms with Crippen LogP contribution in [0.1, 0.15) is 32.3 Å². The van der Waals surface area contributed by atoms with Crippen LogP contribution in [-0.4, -0.2) is 23.2 Å². The number of fused-ring (bicyclic) bond motifs is 3. The van der Waals surface area contributed by atoms with Gasteiger partial charge in [0.15, 0.2) is 0 Å². The van der Waals surface area contributed by atoms with Gasteiger partial charge in [0.2, 0.25) is 0 Å². The second-order valence-corrected chi connectivity index (χ2v) is 24.9. The van der Waals surface area contributed by atoms with Crippen LogP contribution < -0.4 is 4.40 Å². The fraction of sp³-hybridized carbons (Fsp3) is 0.190. The van der Waals surface area contributed by atoms with E-state index >= 15 is 0 Å². The molecular formula is C42H40GeIrN2S-2. The van der Waals surface area contributed by atoms with E-state index in [1.54, 1.807) is 0 Å². The third-order valence-electron chi connectivity index (χ3n) is 8.72. The van der Waals surface area contributed by atoms with Crippen LogP contribution in [0.25, 0.3) is 53.8 Å². The molecule has 7 rings (SSSR count). The van der Waals surface area contributed by atoms with Gasteiger partial charge in [-0.15, -0.1) is 17.7 Å². The van der Waals surface area contributed by atoms with E-state index in [-0.39, 0.29) is 20.1 Å². The zero-order chi connectivity index (χ0) is 32.3. The van der Waals surface area contributed by atoms with Crippen molar-refractivity contribution < 1.29 is 20.1 Å². The minimum Gasteiger partial charge on any atom is 0 e. The summed E-state index contributed by atoms with van der Waals surface area (Å²) in [5.41, 5.74) is 7.98. The molecule has 2 nitrogen and oxygen atoms in total. The summed E-state index contributed by atoms with van der Waals surface area (Å²) in [5, 5.41) is 2.61. The largest absolute Gasteiger partial charge is 0 e. The van der Waals surface area contributed by atoms with Gasteiger partial charge in [-0.25, -0.2) is 0 Å². The summed E-state index contributed by atoms with van der Waals surface area (Å²) in [6, 6.07) is 44.9. The quantitative estimate of drug-likeness (QED) is 0.123. The molecule has 1 atom stereocenters. The number of pyridine rings is 2. The summed E-state index contributed by atoms with van der Waals surface area (Å²) in [6.45, 7) is 6.84. The molecule has 0 N–H and O–H groups in total. The Morgan fingerprint density at radius 1 is 0.745 bits per heavy atom. The summed E-state index contributed by atoms with van der Waals surface area (Å²) in [6.07, 6.45) is 3.98. The van der Waals surface area contributed by atoms with E-state index in [0.717, 1.165) is 22.5 Å². The summed E-state index contributed by atoms with van der Waals surface area (Å²) < 4.78 is 4.01. The van der Waals surface area contributed by atoms with Crippen molar-refractivity contribution >= 4 is 49.2 Å². The molecule has 3 heterocycles. The molecule has 1 unspecified atom stereocenters. The Bertz CT molecular complexity index is 2060. The number of aromatic nitrogens is 2. The molecular weight excluding hydrogens is 829 g/mol. The molecule has 0 aliphatic heterocycles. The molecule has 7 aromatic rings. The molecule has 0 bridgehead atoms. The molecule has 239 valence electrons. The van der Waals surface area contributed by atoms with Crippen molar-refractivity contribution in [3.8, 4) is 33.6 Å². The first kappa shape index (κ1) is 34.9. The molecule has 0 saturated heterocycles. The van der Waals surface area contributed by atoms with Crippen LogP contribution >= 0.6 is 11.3 Å². The number of benzene rings is 4. The van der Waals surface area contributed by atoms with Gasteiger partial charge in [-0.2, -0.15) is 11.3 Å². The molecule has 1 radical (unpaired) electrons. The first-order valence-electron chi connectivity index (χ1n) is 16.0. The Labute approximate surface area is 300 Å². The fourth-order valence-corrected chi connectivity index (χ4v) is 9.01. The van der Waals surface area contributed by atoms with Crippen LogP contribution in [0.4, 0.5) is 0 Å². The van der Waals surface area contributed by atoms with Gasteiger partial charge in [0.25, 0.3) is 0 Å². The standard InChI is InChI=1S/C28H24NS.C14H16GeN.Ir/c1-18(2)19(3)21-15-16-29-25(17-21)23-14-13-22(20-9-5-4-6-10-20)27-24-11-7-8-12-26(24)30-28(23)27;1-15(2,3)13-9-10-14(16-11-13)12-7-5-4-6-8-12;/h4-13,15-19H,1-3H3;4-7,9-11H,1-3H3;/q2*-1;. The Hall–Kier alpha value is -3.41. The fourth-order valence-electron chi connectivity index (χ4n) is 5.61. The first-order chi connectivity index (χ1) is 22.2. The van der Waals surface area contributed by atoms with E-state index in [9.17, 15) is 0 Å². The summed E-state index contributed by atoms with van der Waals surface area (Å²) in [7, 11) is 0. The number of hydrogen-bond acceptors (Lipinski definition) is 3. The maximum Gasteiger partial charge on any atom is 0 e. The van der Waals surface area contributed by atoms with Gasteiger partial charge in [-0.3, -0.25) is 0 Å². The van der Waals surface area contributed by atoms with Crippen LogP contribution in [0, 0.1) is 18.1 Å². The SMILES string of the molecule is CC(C)C(C)c1ccnc(-c2[c-]cc(-c3ccccc3)c3c2sc2ccccc23)c1.[CH3][Ge]([CH3])([CH3])[c]1ccc(-c2[c-]cccc2)nc1.[Ir]. The van der Waals surface area contributed by atoms with Gasteiger partial charge in [0, 0.05) is 31.0 Å². The van der Waals surface area contributed by atoms with Gasteiger partial charge in [-0.1, -0.05) is 97.4 Å². The van der Waals surface area contributed by atoms with Crippen molar-refractivity contribution in [1.29, 1.82) is 0 Å². The minimum atomic E-state index is -1.72. The van der Waals surface area contributed by atoms with Crippen molar-refractivity contribution in [2.24, 2.45) is 5.92 Å². The van der Waals surface area contributed by atoms with Gasteiger partial charge in [-0.05, 0) is 39.7 Å². The second-order valence-electron chi connectivity index (χ2n) is 13.2. The second kappa shape index (κ2) is 15.2. The third-order valence-corrected chi connectivity index (χ3v) is 14.2. The van der Waals surface area contributed by atoms with Gasteiger partial charge in [0.05, 0.1) is 0 Å². The van der Waals surface area contributed by atoms with Crippen LogP contribution in [0.2, 0.25) is 17.3 Å². The Kier molecular flexibility index (Phi) is 11.3. The molecule has 0 saturated carbocycles. The van der Waals surface area contributed by atoms with Crippen molar-refractivity contribution in [3.05, 3.63) is 139 Å². The topological polar surface area (TPSA) is 25.8 Å². The maximum atomic E-state index is 4.75. The molecule has 0 spiro atoms. The zero-order valence-electron chi connectivity index (χ0n) is 27.8. The van der Waals surface area contributed by atoms with Gasteiger partial charge < -0.3 is 4.98 Å². The zero-order valence-corrected chi connectivity index (χ0v) is 33.1. The summed E-state index contributed by atoms with van der Waals surface area (Å²) >= 11 is 0.125. The predicted octanol–water partition coefficient (Wildman–Crippen LogP) is 11.4. The van der Waals surface area contributed by atoms with Crippen molar-refractivity contribution in [1.82, 2.24) is 9.97 Å². The van der Waals surface area contributed by atoms with E-state index in [0.29, 0.717) is 11.8 Å². The number of nitrogens with zero attached hydrogens (tertiary/aromatic N) is 2. The van der Waals surface area contributed by atoms with Crippen molar-refractivity contribution in [3.63, 3.8) is 0 Å². The molecule has 0 amide bonds. The van der Waals surface area contributed by atoms with Gasteiger partial charge in [0.1, 0.15) is 0 Å². The minimum absolute atomic E-state index is 0. The van der Waals surface area contributed by atoms with E-state index in [2.05, 4.69) is 140 Å². The van der Waals surface area contributed by atoms with Crippen LogP contribution in [-0.2, 0) is 20.1 Å². The number of thiophene rings is 1. The van der Waals surface area contributed by atoms with Crippen molar-refractivity contribution in [2.45, 2.75) is 44.0 Å². The molecule has 5 heteroatoms. The molecule has 4 aromatic carbocycles. The van der Waals surface area contributed by atoms with E-state index in [1.807, 2.05) is 48.0 Å². The maximum absolute atomic E-state index is 4.75. The Morgan fingerprint density at radius 2 is 1.49 bits per heavy atom. The number of rotatable bonds is 6. The van der Waals surface area contributed by atoms with E-state index < -0.39 is 13.3 Å². The normalized spacial score (nSPS) is 12.0. The predicted molar refractivity (Wildman–Crippen MR) is 202 cm³/mol. The smallest absolute Gasteiger partial charge is 0 e. The molecule has 3 aromatic heterocycles. The molecule has 0 aliphatic rings. The van der Waals surface area contributed by atoms with E-state index in [1.165, 1.54) is 41.3 Å². The van der Waals surface area contributed by atoms with E-state index in [4.69, 9.17) is 4.98 Å². The molecule has 0 fully saturated rings. The molecule has 0 aliphatic carbocycles.